The highest BCUT2D eigenvalue weighted by molar-refractivity contribution is 5.85. The molecule has 14 heavy (non-hydrogen) atoms. The van der Waals surface area contributed by atoms with Crippen molar-refractivity contribution >= 4 is 18.4 Å². The number of rotatable bonds is 2. The molecular formula is C7H12ClF2NO3. The van der Waals surface area contributed by atoms with Crippen LogP contribution < -0.4 is 5.32 Å². The first kappa shape index (κ1) is 13.5. The van der Waals surface area contributed by atoms with Crippen LogP contribution in [0.25, 0.3) is 0 Å². The minimum Gasteiger partial charge on any atom is -0.477 e. The number of aliphatic carboxylic acids is 1. The van der Waals surface area contributed by atoms with Crippen molar-refractivity contribution in [3.63, 3.8) is 0 Å². The molecule has 0 aromatic rings. The molecular weight excluding hydrogens is 220 g/mol. The molecule has 1 rings (SSSR count). The quantitative estimate of drug-likeness (QED) is 0.637. The van der Waals surface area contributed by atoms with Gasteiger partial charge in [-0.25, -0.2) is 4.79 Å². The molecule has 0 radical (unpaired) electrons. The van der Waals surface area contributed by atoms with Crippen LogP contribution in [-0.2, 0) is 4.79 Å². The second-order valence-electron chi connectivity index (χ2n) is 3.19. The van der Waals surface area contributed by atoms with E-state index in [0.717, 1.165) is 0 Å². The standard InChI is InChI=1S/C7H11F2NO3.ClH/c8-7(9,5(11)12)6(13)2-1-3-10-4-6;/h10,13H,1-4H2,(H,11,12);1H. The molecule has 0 spiro atoms. The summed E-state index contributed by atoms with van der Waals surface area (Å²) in [4.78, 5) is 10.2. The fourth-order valence-corrected chi connectivity index (χ4v) is 1.36. The Kier molecular flexibility index (Phi) is 4.23. The van der Waals surface area contributed by atoms with E-state index >= 15 is 0 Å². The van der Waals surface area contributed by atoms with Crippen LogP contribution in [0.4, 0.5) is 8.78 Å². The molecule has 1 unspecified atom stereocenters. The van der Waals surface area contributed by atoms with Crippen molar-refractivity contribution in [1.29, 1.82) is 0 Å². The Labute approximate surface area is 85.7 Å². The van der Waals surface area contributed by atoms with Gasteiger partial charge in [-0.3, -0.25) is 0 Å². The maximum Gasteiger partial charge on any atom is 0.377 e. The minimum atomic E-state index is -4.08. The number of carboxylic acid groups (broad SMARTS) is 1. The highest BCUT2D eigenvalue weighted by Gasteiger charge is 2.58. The van der Waals surface area contributed by atoms with E-state index in [1.54, 1.807) is 0 Å². The van der Waals surface area contributed by atoms with Gasteiger partial charge >= 0.3 is 11.9 Å². The van der Waals surface area contributed by atoms with Gasteiger partial charge < -0.3 is 15.5 Å². The van der Waals surface area contributed by atoms with E-state index in [1.807, 2.05) is 0 Å². The zero-order valence-electron chi connectivity index (χ0n) is 7.30. The Morgan fingerprint density at radius 2 is 2.07 bits per heavy atom. The molecule has 4 nitrogen and oxygen atoms in total. The average molecular weight is 232 g/mol. The first-order valence-corrected chi connectivity index (χ1v) is 3.94. The number of hydrogen-bond donors (Lipinski definition) is 3. The molecule has 1 fully saturated rings. The smallest absolute Gasteiger partial charge is 0.377 e. The van der Waals surface area contributed by atoms with Crippen LogP contribution in [0, 0.1) is 0 Å². The Morgan fingerprint density at radius 3 is 2.43 bits per heavy atom. The highest BCUT2D eigenvalue weighted by Crippen LogP contribution is 2.34. The summed E-state index contributed by atoms with van der Waals surface area (Å²) in [6.45, 7) is 0.143. The number of carbonyl (C=O) groups is 1. The largest absolute Gasteiger partial charge is 0.477 e. The van der Waals surface area contributed by atoms with Gasteiger partial charge in [-0.05, 0) is 19.4 Å². The molecule has 0 bridgehead atoms. The van der Waals surface area contributed by atoms with Crippen molar-refractivity contribution in [2.45, 2.75) is 24.4 Å². The summed E-state index contributed by atoms with van der Waals surface area (Å²) in [5.41, 5.74) is -2.45. The third-order valence-electron chi connectivity index (χ3n) is 2.21. The predicted octanol–water partition coefficient (Wildman–Crippen LogP) is 0.243. The predicted molar refractivity (Wildman–Crippen MR) is 46.9 cm³/mol. The third kappa shape index (κ3) is 2.13. The summed E-state index contributed by atoms with van der Waals surface area (Å²) in [7, 11) is 0. The molecule has 0 amide bonds. The molecule has 1 atom stereocenters. The summed E-state index contributed by atoms with van der Waals surface area (Å²) < 4.78 is 25.9. The second kappa shape index (κ2) is 4.37. The number of β-amino-alcohol motifs (C(OH)–C–C–N with tert-alkyl or cyclic N) is 1. The topological polar surface area (TPSA) is 69.6 Å². The van der Waals surface area contributed by atoms with E-state index in [1.165, 1.54) is 0 Å². The number of aliphatic hydroxyl groups is 1. The average Bonchev–Trinajstić information content (AvgIpc) is 2.05. The lowest BCUT2D eigenvalue weighted by atomic mass is 9.87. The second-order valence-corrected chi connectivity index (χ2v) is 3.19. The summed E-state index contributed by atoms with van der Waals surface area (Å²) in [5.74, 6) is -6.36. The summed E-state index contributed by atoms with van der Waals surface area (Å²) in [6, 6.07) is 0. The van der Waals surface area contributed by atoms with Crippen molar-refractivity contribution in [2.24, 2.45) is 0 Å². The molecule has 0 saturated carbocycles. The molecule has 0 aromatic carbocycles. The first-order chi connectivity index (χ1) is 5.90. The van der Waals surface area contributed by atoms with Gasteiger partial charge in [0.2, 0.25) is 0 Å². The van der Waals surface area contributed by atoms with E-state index in [2.05, 4.69) is 5.32 Å². The number of nitrogens with one attached hydrogen (secondary N) is 1. The monoisotopic (exact) mass is 231 g/mol. The molecule has 0 aromatic heterocycles. The molecule has 1 saturated heterocycles. The van der Waals surface area contributed by atoms with Gasteiger partial charge in [0.1, 0.15) is 0 Å². The Hall–Kier alpha value is -0.460. The van der Waals surface area contributed by atoms with Crippen molar-refractivity contribution in [3.05, 3.63) is 0 Å². The van der Waals surface area contributed by atoms with Gasteiger partial charge in [-0.15, -0.1) is 12.4 Å². The maximum atomic E-state index is 12.9. The summed E-state index contributed by atoms with van der Waals surface area (Å²) in [6.07, 6.45) is 0.151. The van der Waals surface area contributed by atoms with Gasteiger partial charge in [-0.2, -0.15) is 8.78 Å². The SMILES string of the molecule is Cl.O=C(O)C(F)(F)C1(O)CCCNC1. The van der Waals surface area contributed by atoms with E-state index in [4.69, 9.17) is 5.11 Å². The van der Waals surface area contributed by atoms with E-state index < -0.39 is 17.5 Å². The lowest BCUT2D eigenvalue weighted by Gasteiger charge is -2.36. The van der Waals surface area contributed by atoms with Crippen molar-refractivity contribution < 1.29 is 23.8 Å². The Morgan fingerprint density at radius 1 is 1.50 bits per heavy atom. The van der Waals surface area contributed by atoms with E-state index in [0.29, 0.717) is 13.0 Å². The number of hydrogen-bond acceptors (Lipinski definition) is 3. The number of halogens is 3. The van der Waals surface area contributed by atoms with Crippen molar-refractivity contribution in [1.82, 2.24) is 5.32 Å². The summed E-state index contributed by atoms with van der Waals surface area (Å²) in [5, 5.41) is 20.1. The van der Waals surface area contributed by atoms with Gasteiger partial charge in [0.05, 0.1) is 0 Å². The Bertz CT molecular complexity index is 219. The van der Waals surface area contributed by atoms with E-state index in [9.17, 15) is 18.7 Å². The Balaban J connectivity index is 0.00000169. The van der Waals surface area contributed by atoms with Crippen molar-refractivity contribution in [2.75, 3.05) is 13.1 Å². The molecule has 1 aliphatic heterocycles. The van der Waals surface area contributed by atoms with Crippen LogP contribution in [-0.4, -0.2) is 40.8 Å². The normalized spacial score (nSPS) is 27.9. The highest BCUT2D eigenvalue weighted by atomic mass is 35.5. The summed E-state index contributed by atoms with van der Waals surface area (Å²) >= 11 is 0. The molecule has 84 valence electrons. The third-order valence-corrected chi connectivity index (χ3v) is 2.21. The maximum absolute atomic E-state index is 12.9. The zero-order valence-corrected chi connectivity index (χ0v) is 8.11. The zero-order chi connectivity index (χ0) is 10.1. The minimum absolute atomic E-state index is 0. The van der Waals surface area contributed by atoms with Crippen LogP contribution in [0.5, 0.6) is 0 Å². The van der Waals surface area contributed by atoms with Gasteiger partial charge in [-0.1, -0.05) is 0 Å². The molecule has 1 heterocycles. The lowest BCUT2D eigenvalue weighted by molar-refractivity contribution is -0.211. The fraction of sp³-hybridized carbons (Fsp3) is 0.857. The molecule has 7 heteroatoms. The molecule has 3 N–H and O–H groups in total. The number of carboxylic acids is 1. The first-order valence-electron chi connectivity index (χ1n) is 3.94. The van der Waals surface area contributed by atoms with Crippen LogP contribution >= 0.6 is 12.4 Å². The van der Waals surface area contributed by atoms with Gasteiger partial charge in [0.25, 0.3) is 0 Å². The van der Waals surface area contributed by atoms with Crippen LogP contribution in [0.3, 0.4) is 0 Å². The van der Waals surface area contributed by atoms with Crippen LogP contribution in [0.1, 0.15) is 12.8 Å². The van der Waals surface area contributed by atoms with Crippen molar-refractivity contribution in [3.8, 4) is 0 Å². The van der Waals surface area contributed by atoms with Gasteiger partial charge in [0.15, 0.2) is 5.60 Å². The molecule has 1 aliphatic rings. The fourth-order valence-electron chi connectivity index (χ4n) is 1.36. The lowest BCUT2D eigenvalue weighted by Crippen LogP contribution is -2.60. The molecule has 0 aliphatic carbocycles. The number of alkyl halides is 2. The van der Waals surface area contributed by atoms with Crippen LogP contribution in [0.15, 0.2) is 0 Å². The number of piperidine rings is 1. The van der Waals surface area contributed by atoms with E-state index in [-0.39, 0.29) is 25.4 Å². The van der Waals surface area contributed by atoms with Gasteiger partial charge in [0, 0.05) is 6.54 Å². The van der Waals surface area contributed by atoms with Crippen LogP contribution in [0.2, 0.25) is 0 Å².